The highest BCUT2D eigenvalue weighted by molar-refractivity contribution is 9.10. The van der Waals surface area contributed by atoms with E-state index in [1.54, 1.807) is 6.07 Å². The fraction of sp³-hybridized carbons (Fsp3) is 0.467. The van der Waals surface area contributed by atoms with Crippen molar-refractivity contribution < 1.29 is 13.2 Å². The lowest BCUT2D eigenvalue weighted by Gasteiger charge is -2.22. The van der Waals surface area contributed by atoms with Crippen LogP contribution < -0.4 is 5.32 Å². The molecule has 118 valence electrons. The van der Waals surface area contributed by atoms with Crippen LogP contribution in [0.3, 0.4) is 0 Å². The average molecular weight is 374 g/mol. The lowest BCUT2D eigenvalue weighted by Crippen LogP contribution is -2.23. The summed E-state index contributed by atoms with van der Waals surface area (Å²) in [5.41, 5.74) is -0.810. The zero-order valence-corrected chi connectivity index (χ0v) is 13.3. The van der Waals surface area contributed by atoms with E-state index in [4.69, 9.17) is 0 Å². The Morgan fingerprint density at radius 3 is 2.55 bits per heavy atom. The normalized spacial score (nSPS) is 16.9. The van der Waals surface area contributed by atoms with Gasteiger partial charge in [-0.2, -0.15) is 13.2 Å². The molecule has 1 heterocycles. The third kappa shape index (κ3) is 3.34. The first kappa shape index (κ1) is 15.5. The molecule has 7 heteroatoms. The lowest BCUT2D eigenvalue weighted by atomic mass is 9.96. The molecule has 3 nitrogen and oxygen atoms in total. The van der Waals surface area contributed by atoms with Crippen LogP contribution in [0.4, 0.5) is 19.1 Å². The maximum absolute atomic E-state index is 13.2. The highest BCUT2D eigenvalue weighted by Crippen LogP contribution is 2.36. The number of halogens is 4. The standard InChI is InChI=1S/C15H15BrF3N3/c16-10-6-9-8-20-14(21-11-4-2-1-3-5-11)22-13(9)12(7-10)15(17,18)19/h6-8,11H,1-5H2,(H,20,21,22). The molecule has 0 aliphatic heterocycles. The van der Waals surface area contributed by atoms with Gasteiger partial charge in [-0.05, 0) is 25.0 Å². The van der Waals surface area contributed by atoms with E-state index < -0.39 is 11.7 Å². The molecular formula is C15H15BrF3N3. The summed E-state index contributed by atoms with van der Waals surface area (Å²) in [6.45, 7) is 0. The molecule has 0 spiro atoms. The van der Waals surface area contributed by atoms with E-state index in [0.29, 0.717) is 9.86 Å². The molecular weight excluding hydrogens is 359 g/mol. The fourth-order valence-electron chi connectivity index (χ4n) is 2.82. The van der Waals surface area contributed by atoms with Crippen molar-refractivity contribution in [2.75, 3.05) is 5.32 Å². The quantitative estimate of drug-likeness (QED) is 0.790. The maximum Gasteiger partial charge on any atom is 0.418 e. The van der Waals surface area contributed by atoms with Gasteiger partial charge in [0.05, 0.1) is 11.1 Å². The molecule has 0 unspecified atom stereocenters. The van der Waals surface area contributed by atoms with Crippen molar-refractivity contribution in [1.82, 2.24) is 9.97 Å². The molecule has 22 heavy (non-hydrogen) atoms. The summed E-state index contributed by atoms with van der Waals surface area (Å²) in [5, 5.41) is 3.54. The molecule has 1 aromatic carbocycles. The Morgan fingerprint density at radius 2 is 1.86 bits per heavy atom. The number of rotatable bonds is 2. The van der Waals surface area contributed by atoms with E-state index in [-0.39, 0.29) is 17.5 Å². The molecule has 0 amide bonds. The minimum Gasteiger partial charge on any atom is -0.351 e. The Kier molecular flexibility index (Phi) is 4.25. The van der Waals surface area contributed by atoms with Gasteiger partial charge in [-0.1, -0.05) is 35.2 Å². The summed E-state index contributed by atoms with van der Waals surface area (Å²) in [4.78, 5) is 8.27. The first-order chi connectivity index (χ1) is 10.4. The van der Waals surface area contributed by atoms with Crippen LogP contribution in [-0.2, 0) is 6.18 Å². The Morgan fingerprint density at radius 1 is 1.14 bits per heavy atom. The van der Waals surface area contributed by atoms with Crippen LogP contribution in [0.15, 0.2) is 22.8 Å². The van der Waals surface area contributed by atoms with Crippen LogP contribution >= 0.6 is 15.9 Å². The van der Waals surface area contributed by atoms with Crippen molar-refractivity contribution in [2.45, 2.75) is 44.3 Å². The van der Waals surface area contributed by atoms with Crippen LogP contribution in [0.5, 0.6) is 0 Å². The number of nitrogens with one attached hydrogen (secondary N) is 1. The minimum absolute atomic E-state index is 0.0657. The maximum atomic E-state index is 13.2. The first-order valence-electron chi connectivity index (χ1n) is 7.23. The van der Waals surface area contributed by atoms with Gasteiger partial charge in [-0.25, -0.2) is 9.97 Å². The Labute approximate surface area is 134 Å². The second-order valence-electron chi connectivity index (χ2n) is 5.56. The van der Waals surface area contributed by atoms with Crippen LogP contribution in [-0.4, -0.2) is 16.0 Å². The molecule has 0 saturated heterocycles. The molecule has 1 aliphatic rings. The zero-order valence-electron chi connectivity index (χ0n) is 11.8. The van der Waals surface area contributed by atoms with Gasteiger partial charge in [-0.3, -0.25) is 0 Å². The van der Waals surface area contributed by atoms with E-state index in [1.165, 1.54) is 12.6 Å². The van der Waals surface area contributed by atoms with Crippen molar-refractivity contribution in [1.29, 1.82) is 0 Å². The summed E-state index contributed by atoms with van der Waals surface area (Å²) in [6.07, 6.45) is 2.48. The van der Waals surface area contributed by atoms with Crippen LogP contribution in [0.1, 0.15) is 37.7 Å². The topological polar surface area (TPSA) is 37.8 Å². The molecule has 2 aromatic rings. The van der Waals surface area contributed by atoms with E-state index in [9.17, 15) is 13.2 Å². The van der Waals surface area contributed by atoms with Gasteiger partial charge in [0, 0.05) is 22.1 Å². The largest absolute Gasteiger partial charge is 0.418 e. The predicted molar refractivity (Wildman–Crippen MR) is 82.7 cm³/mol. The van der Waals surface area contributed by atoms with Crippen LogP contribution in [0, 0.1) is 0 Å². The number of benzene rings is 1. The third-order valence-electron chi connectivity index (χ3n) is 3.89. The van der Waals surface area contributed by atoms with Gasteiger partial charge in [-0.15, -0.1) is 0 Å². The number of nitrogens with zero attached hydrogens (tertiary/aromatic N) is 2. The first-order valence-corrected chi connectivity index (χ1v) is 8.03. The molecule has 3 rings (SSSR count). The Hall–Kier alpha value is -1.37. The monoisotopic (exact) mass is 373 g/mol. The molecule has 1 aromatic heterocycles. The van der Waals surface area contributed by atoms with Gasteiger partial charge < -0.3 is 5.32 Å². The predicted octanol–water partition coefficient (Wildman–Crippen LogP) is 5.16. The third-order valence-corrected chi connectivity index (χ3v) is 4.35. The highest BCUT2D eigenvalue weighted by Gasteiger charge is 2.34. The molecule has 0 atom stereocenters. The number of anilines is 1. The average Bonchev–Trinajstić information content (AvgIpc) is 2.47. The second kappa shape index (κ2) is 6.02. The van der Waals surface area contributed by atoms with E-state index in [2.05, 4.69) is 31.2 Å². The number of hydrogen-bond acceptors (Lipinski definition) is 3. The number of hydrogen-bond donors (Lipinski definition) is 1. The molecule has 1 N–H and O–H groups in total. The summed E-state index contributed by atoms with van der Waals surface area (Å²) < 4.78 is 39.9. The van der Waals surface area contributed by atoms with Crippen molar-refractivity contribution in [3.63, 3.8) is 0 Å². The summed E-state index contributed by atoms with van der Waals surface area (Å²) in [7, 11) is 0. The Balaban J connectivity index is 1.98. The summed E-state index contributed by atoms with van der Waals surface area (Å²) >= 11 is 3.10. The number of alkyl halides is 3. The summed E-state index contributed by atoms with van der Waals surface area (Å²) in [6, 6.07) is 2.89. The van der Waals surface area contributed by atoms with Crippen molar-refractivity contribution in [2.24, 2.45) is 0 Å². The van der Waals surface area contributed by atoms with Crippen LogP contribution in [0.25, 0.3) is 10.9 Å². The second-order valence-corrected chi connectivity index (χ2v) is 6.48. The van der Waals surface area contributed by atoms with Gasteiger partial charge in [0.15, 0.2) is 0 Å². The van der Waals surface area contributed by atoms with Crippen molar-refractivity contribution in [3.8, 4) is 0 Å². The number of fused-ring (bicyclic) bond motifs is 1. The number of aromatic nitrogens is 2. The van der Waals surface area contributed by atoms with E-state index >= 15 is 0 Å². The minimum atomic E-state index is -4.45. The molecule has 1 aliphatic carbocycles. The van der Waals surface area contributed by atoms with Crippen molar-refractivity contribution in [3.05, 3.63) is 28.4 Å². The zero-order chi connectivity index (χ0) is 15.7. The molecule has 1 fully saturated rings. The molecule has 1 saturated carbocycles. The van der Waals surface area contributed by atoms with Gasteiger partial charge in [0.1, 0.15) is 0 Å². The highest BCUT2D eigenvalue weighted by atomic mass is 79.9. The molecule has 0 radical (unpaired) electrons. The molecule has 0 bridgehead atoms. The smallest absolute Gasteiger partial charge is 0.351 e. The Bertz CT molecular complexity index is 682. The SMILES string of the molecule is FC(F)(F)c1cc(Br)cc2cnc(NC3CCCCC3)nc12. The summed E-state index contributed by atoms with van der Waals surface area (Å²) in [5.74, 6) is 0.271. The van der Waals surface area contributed by atoms with E-state index in [0.717, 1.165) is 31.7 Å². The van der Waals surface area contributed by atoms with Gasteiger partial charge in [0.2, 0.25) is 5.95 Å². The van der Waals surface area contributed by atoms with Crippen molar-refractivity contribution >= 4 is 32.8 Å². The van der Waals surface area contributed by atoms with E-state index in [1.807, 2.05) is 0 Å². The fourth-order valence-corrected chi connectivity index (χ4v) is 3.30. The van der Waals surface area contributed by atoms with Gasteiger partial charge in [0.25, 0.3) is 0 Å². The van der Waals surface area contributed by atoms with Gasteiger partial charge >= 0.3 is 6.18 Å². The van der Waals surface area contributed by atoms with Crippen LogP contribution in [0.2, 0.25) is 0 Å². The lowest BCUT2D eigenvalue weighted by molar-refractivity contribution is -0.136.